The first-order valence-corrected chi connectivity index (χ1v) is 6.89. The second kappa shape index (κ2) is 6.29. The lowest BCUT2D eigenvalue weighted by Gasteiger charge is -1.99. The number of methoxy groups -OCH3 is 1. The molecule has 20 heavy (non-hydrogen) atoms. The summed E-state index contributed by atoms with van der Waals surface area (Å²) < 4.78 is 4.59. The number of aryl methyl sites for hydroxylation is 1. The number of primary amides is 1. The normalized spacial score (nSPS) is 10.2. The maximum atomic E-state index is 11.2. The van der Waals surface area contributed by atoms with E-state index in [1.807, 2.05) is 11.4 Å². The van der Waals surface area contributed by atoms with Crippen LogP contribution in [-0.2, 0) is 16.0 Å². The molecule has 0 aliphatic heterocycles. The minimum atomic E-state index is -0.464. The number of nitrogens with zero attached hydrogens (tertiary/aromatic N) is 1. The average molecular weight is 290 g/mol. The Balaban J connectivity index is 2.14. The number of carbonyl (C=O) groups is 2. The predicted octanol–water partition coefficient (Wildman–Crippen LogP) is 2.01. The summed E-state index contributed by atoms with van der Waals surface area (Å²) in [6, 6.07) is 7.02. The van der Waals surface area contributed by atoms with Crippen molar-refractivity contribution in [3.63, 3.8) is 0 Å². The Morgan fingerprint density at radius 2 is 2.20 bits per heavy atom. The zero-order valence-electron chi connectivity index (χ0n) is 11.0. The van der Waals surface area contributed by atoms with Gasteiger partial charge in [-0.3, -0.25) is 9.59 Å². The van der Waals surface area contributed by atoms with Crippen LogP contribution in [0.1, 0.15) is 22.5 Å². The maximum absolute atomic E-state index is 11.2. The van der Waals surface area contributed by atoms with Gasteiger partial charge in [-0.05, 0) is 12.1 Å². The van der Waals surface area contributed by atoms with Crippen molar-refractivity contribution in [3.05, 3.63) is 40.9 Å². The molecule has 0 bridgehead atoms. The summed E-state index contributed by atoms with van der Waals surface area (Å²) in [5, 5.41) is 2.70. The van der Waals surface area contributed by atoms with Gasteiger partial charge in [0.15, 0.2) is 0 Å². The molecule has 5 nitrogen and oxygen atoms in total. The van der Waals surface area contributed by atoms with Gasteiger partial charge in [0.05, 0.1) is 19.2 Å². The third-order valence-corrected chi connectivity index (χ3v) is 3.70. The summed E-state index contributed by atoms with van der Waals surface area (Å²) in [5.74, 6) is -0.718. The number of ether oxygens (including phenoxy) is 1. The van der Waals surface area contributed by atoms with E-state index in [-0.39, 0.29) is 5.97 Å². The van der Waals surface area contributed by atoms with Crippen molar-refractivity contribution in [2.24, 2.45) is 5.73 Å². The Kier molecular flexibility index (Phi) is 4.47. The zero-order valence-corrected chi connectivity index (χ0v) is 11.8. The predicted molar refractivity (Wildman–Crippen MR) is 76.4 cm³/mol. The third kappa shape index (κ3) is 3.42. The molecule has 6 heteroatoms. The summed E-state index contributed by atoms with van der Waals surface area (Å²) in [6.45, 7) is 0. The first-order chi connectivity index (χ1) is 9.60. The first kappa shape index (κ1) is 14.2. The van der Waals surface area contributed by atoms with Crippen LogP contribution in [0.15, 0.2) is 29.6 Å². The van der Waals surface area contributed by atoms with E-state index < -0.39 is 5.91 Å². The van der Waals surface area contributed by atoms with Gasteiger partial charge in [0.2, 0.25) is 5.91 Å². The molecular formula is C14H14N2O3S. The lowest BCUT2D eigenvalue weighted by atomic mass is 10.1. The molecule has 0 saturated carbocycles. The largest absolute Gasteiger partial charge is 0.469 e. The quantitative estimate of drug-likeness (QED) is 0.854. The van der Waals surface area contributed by atoms with E-state index in [0.717, 1.165) is 16.3 Å². The van der Waals surface area contributed by atoms with Gasteiger partial charge in [-0.2, -0.15) is 0 Å². The summed E-state index contributed by atoms with van der Waals surface area (Å²) >= 11 is 1.47. The molecule has 1 heterocycles. The van der Waals surface area contributed by atoms with Crippen LogP contribution in [0.2, 0.25) is 0 Å². The molecule has 0 unspecified atom stereocenters. The fourth-order valence-corrected chi connectivity index (χ4v) is 2.54. The second-order valence-corrected chi connectivity index (χ2v) is 5.02. The molecule has 2 rings (SSSR count). The Bertz CT molecular complexity index is 637. The highest BCUT2D eigenvalue weighted by atomic mass is 32.1. The molecular weight excluding hydrogens is 276 g/mol. The highest BCUT2D eigenvalue weighted by Gasteiger charge is 2.09. The molecule has 1 aromatic heterocycles. The Labute approximate surface area is 120 Å². The van der Waals surface area contributed by atoms with Crippen molar-refractivity contribution in [3.8, 4) is 10.6 Å². The maximum Gasteiger partial charge on any atom is 0.305 e. The Morgan fingerprint density at radius 3 is 2.90 bits per heavy atom. The summed E-state index contributed by atoms with van der Waals surface area (Å²) in [7, 11) is 1.37. The number of hydrogen-bond donors (Lipinski definition) is 1. The number of carbonyl (C=O) groups excluding carboxylic acids is 2. The van der Waals surface area contributed by atoms with Crippen molar-refractivity contribution >= 4 is 23.2 Å². The van der Waals surface area contributed by atoms with Crippen LogP contribution in [0.25, 0.3) is 10.6 Å². The van der Waals surface area contributed by atoms with Crippen molar-refractivity contribution in [2.75, 3.05) is 7.11 Å². The van der Waals surface area contributed by atoms with Crippen LogP contribution in [0.4, 0.5) is 0 Å². The first-order valence-electron chi connectivity index (χ1n) is 6.01. The second-order valence-electron chi connectivity index (χ2n) is 4.17. The van der Waals surface area contributed by atoms with E-state index >= 15 is 0 Å². The standard InChI is InChI=1S/C14H14N2O3S/c1-19-12(17)6-5-11-8-20-14(16-11)10-4-2-3-9(7-10)13(15)18/h2-4,7-8H,5-6H2,1H3,(H2,15,18). The molecule has 104 valence electrons. The van der Waals surface area contributed by atoms with E-state index in [1.54, 1.807) is 18.2 Å². The van der Waals surface area contributed by atoms with Crippen molar-refractivity contribution < 1.29 is 14.3 Å². The van der Waals surface area contributed by atoms with E-state index in [4.69, 9.17) is 5.73 Å². The molecule has 0 atom stereocenters. The van der Waals surface area contributed by atoms with E-state index in [9.17, 15) is 9.59 Å². The fourth-order valence-electron chi connectivity index (χ4n) is 1.69. The Hall–Kier alpha value is -2.21. The number of benzene rings is 1. The smallest absolute Gasteiger partial charge is 0.305 e. The molecule has 1 aromatic carbocycles. The molecule has 0 saturated heterocycles. The monoisotopic (exact) mass is 290 g/mol. The van der Waals surface area contributed by atoms with E-state index in [0.29, 0.717) is 18.4 Å². The minimum Gasteiger partial charge on any atom is -0.469 e. The number of esters is 1. The highest BCUT2D eigenvalue weighted by Crippen LogP contribution is 2.25. The van der Waals surface area contributed by atoms with Crippen LogP contribution in [-0.4, -0.2) is 24.0 Å². The van der Waals surface area contributed by atoms with E-state index in [1.165, 1.54) is 18.4 Å². The minimum absolute atomic E-state index is 0.254. The van der Waals surface area contributed by atoms with Gasteiger partial charge in [-0.1, -0.05) is 12.1 Å². The molecule has 0 spiro atoms. The van der Waals surface area contributed by atoms with Crippen molar-refractivity contribution in [1.82, 2.24) is 4.98 Å². The van der Waals surface area contributed by atoms with Gasteiger partial charge in [0.1, 0.15) is 5.01 Å². The van der Waals surface area contributed by atoms with Crippen LogP contribution < -0.4 is 5.73 Å². The average Bonchev–Trinajstić information content (AvgIpc) is 2.93. The molecule has 0 aliphatic rings. The van der Waals surface area contributed by atoms with Gasteiger partial charge in [0.25, 0.3) is 0 Å². The van der Waals surface area contributed by atoms with Crippen molar-refractivity contribution in [1.29, 1.82) is 0 Å². The van der Waals surface area contributed by atoms with Gasteiger partial charge >= 0.3 is 5.97 Å². The molecule has 0 aliphatic carbocycles. The number of nitrogens with two attached hydrogens (primary N) is 1. The summed E-state index contributed by atoms with van der Waals surface area (Å²) in [6.07, 6.45) is 0.847. The number of aromatic nitrogens is 1. The Morgan fingerprint density at radius 1 is 1.40 bits per heavy atom. The van der Waals surface area contributed by atoms with Crippen molar-refractivity contribution in [2.45, 2.75) is 12.8 Å². The highest BCUT2D eigenvalue weighted by molar-refractivity contribution is 7.13. The third-order valence-electron chi connectivity index (χ3n) is 2.76. The zero-order chi connectivity index (χ0) is 14.5. The van der Waals surface area contributed by atoms with E-state index in [2.05, 4.69) is 9.72 Å². The molecule has 0 fully saturated rings. The number of amides is 1. The lowest BCUT2D eigenvalue weighted by Crippen LogP contribution is -2.10. The van der Waals surface area contributed by atoms with Crippen LogP contribution in [0.3, 0.4) is 0 Å². The molecule has 1 amide bonds. The number of rotatable bonds is 5. The van der Waals surface area contributed by atoms with Crippen LogP contribution in [0.5, 0.6) is 0 Å². The summed E-state index contributed by atoms with van der Waals surface area (Å²) in [4.78, 5) is 26.7. The summed E-state index contributed by atoms with van der Waals surface area (Å²) in [5.41, 5.74) is 7.38. The van der Waals surface area contributed by atoms with Gasteiger partial charge in [0, 0.05) is 22.9 Å². The fraction of sp³-hybridized carbons (Fsp3) is 0.214. The van der Waals surface area contributed by atoms with Gasteiger partial charge in [-0.15, -0.1) is 11.3 Å². The molecule has 2 aromatic rings. The number of hydrogen-bond acceptors (Lipinski definition) is 5. The molecule has 2 N–H and O–H groups in total. The van der Waals surface area contributed by atoms with Crippen LogP contribution in [0, 0.1) is 0 Å². The lowest BCUT2D eigenvalue weighted by molar-refractivity contribution is -0.140. The SMILES string of the molecule is COC(=O)CCc1csc(-c2cccc(C(N)=O)c2)n1. The van der Waals surface area contributed by atoms with Crippen LogP contribution >= 0.6 is 11.3 Å². The van der Waals surface area contributed by atoms with Gasteiger partial charge < -0.3 is 10.5 Å². The number of thiazole rings is 1. The topological polar surface area (TPSA) is 82.3 Å². The van der Waals surface area contributed by atoms with Gasteiger partial charge in [-0.25, -0.2) is 4.98 Å². The molecule has 0 radical (unpaired) electrons.